The van der Waals surface area contributed by atoms with Crippen LogP contribution in [-0.2, 0) is 0 Å². The SMILES string of the molecule is CC(CN1CCCC(C)C1C)C(N)c1ccccc1. The van der Waals surface area contributed by atoms with Crippen molar-refractivity contribution in [2.75, 3.05) is 13.1 Å². The lowest BCUT2D eigenvalue weighted by Crippen LogP contribution is -2.45. The average molecular weight is 260 g/mol. The van der Waals surface area contributed by atoms with Crippen molar-refractivity contribution in [2.45, 2.75) is 45.7 Å². The van der Waals surface area contributed by atoms with Gasteiger partial charge in [0.25, 0.3) is 0 Å². The molecule has 4 unspecified atom stereocenters. The monoisotopic (exact) mass is 260 g/mol. The van der Waals surface area contributed by atoms with E-state index in [-0.39, 0.29) is 6.04 Å². The molecular weight excluding hydrogens is 232 g/mol. The summed E-state index contributed by atoms with van der Waals surface area (Å²) >= 11 is 0. The first-order valence-corrected chi connectivity index (χ1v) is 7.64. The van der Waals surface area contributed by atoms with Crippen molar-refractivity contribution in [2.24, 2.45) is 17.6 Å². The molecule has 1 heterocycles. The number of rotatable bonds is 4. The van der Waals surface area contributed by atoms with Gasteiger partial charge in [-0.1, -0.05) is 44.2 Å². The molecule has 0 bridgehead atoms. The highest BCUT2D eigenvalue weighted by Gasteiger charge is 2.27. The van der Waals surface area contributed by atoms with Crippen molar-refractivity contribution in [1.29, 1.82) is 0 Å². The fourth-order valence-electron chi connectivity index (χ4n) is 3.17. The summed E-state index contributed by atoms with van der Waals surface area (Å²) in [5.41, 5.74) is 7.67. The summed E-state index contributed by atoms with van der Waals surface area (Å²) in [5.74, 6) is 1.31. The second-order valence-corrected chi connectivity index (χ2v) is 6.27. The van der Waals surface area contributed by atoms with Gasteiger partial charge in [0.05, 0.1) is 0 Å². The molecule has 0 aromatic heterocycles. The summed E-state index contributed by atoms with van der Waals surface area (Å²) in [6, 6.07) is 11.3. The van der Waals surface area contributed by atoms with Gasteiger partial charge in [0.1, 0.15) is 0 Å². The van der Waals surface area contributed by atoms with Gasteiger partial charge in [0.2, 0.25) is 0 Å². The summed E-state index contributed by atoms with van der Waals surface area (Å²) in [5, 5.41) is 0. The maximum atomic E-state index is 6.41. The molecule has 1 aliphatic heterocycles. The quantitative estimate of drug-likeness (QED) is 0.898. The first-order valence-electron chi connectivity index (χ1n) is 7.64. The van der Waals surface area contributed by atoms with Crippen LogP contribution in [-0.4, -0.2) is 24.0 Å². The number of piperidine rings is 1. The normalized spacial score (nSPS) is 28.0. The Morgan fingerprint density at radius 3 is 2.63 bits per heavy atom. The molecule has 2 nitrogen and oxygen atoms in total. The van der Waals surface area contributed by atoms with Gasteiger partial charge in [-0.2, -0.15) is 0 Å². The number of hydrogen-bond acceptors (Lipinski definition) is 2. The molecule has 0 saturated carbocycles. The predicted molar refractivity (Wildman–Crippen MR) is 82.0 cm³/mol. The predicted octanol–water partition coefficient (Wildman–Crippen LogP) is 3.44. The molecule has 0 amide bonds. The summed E-state index contributed by atoms with van der Waals surface area (Å²) in [7, 11) is 0. The van der Waals surface area contributed by atoms with Gasteiger partial charge < -0.3 is 10.6 Å². The molecular formula is C17H28N2. The molecule has 1 fully saturated rings. The molecule has 1 saturated heterocycles. The Morgan fingerprint density at radius 2 is 1.95 bits per heavy atom. The van der Waals surface area contributed by atoms with Gasteiger partial charge in [-0.25, -0.2) is 0 Å². The fourth-order valence-corrected chi connectivity index (χ4v) is 3.17. The van der Waals surface area contributed by atoms with E-state index in [2.05, 4.69) is 56.0 Å². The van der Waals surface area contributed by atoms with Gasteiger partial charge in [0, 0.05) is 18.6 Å². The summed E-state index contributed by atoms with van der Waals surface area (Å²) < 4.78 is 0. The second kappa shape index (κ2) is 6.53. The zero-order chi connectivity index (χ0) is 13.8. The Bertz CT molecular complexity index is 376. The average Bonchev–Trinajstić information content (AvgIpc) is 2.44. The van der Waals surface area contributed by atoms with Crippen LogP contribution in [0.3, 0.4) is 0 Å². The molecule has 0 spiro atoms. The summed E-state index contributed by atoms with van der Waals surface area (Å²) in [6.45, 7) is 9.37. The lowest BCUT2D eigenvalue weighted by Gasteiger charge is -2.40. The molecule has 1 aromatic rings. The van der Waals surface area contributed by atoms with E-state index in [1.807, 2.05) is 0 Å². The molecule has 0 radical (unpaired) electrons. The minimum Gasteiger partial charge on any atom is -0.324 e. The van der Waals surface area contributed by atoms with Crippen LogP contribution in [0.2, 0.25) is 0 Å². The third-order valence-corrected chi connectivity index (χ3v) is 4.82. The van der Waals surface area contributed by atoms with E-state index >= 15 is 0 Å². The van der Waals surface area contributed by atoms with E-state index in [1.54, 1.807) is 0 Å². The zero-order valence-electron chi connectivity index (χ0n) is 12.5. The maximum absolute atomic E-state index is 6.41. The topological polar surface area (TPSA) is 29.3 Å². The molecule has 106 valence electrons. The molecule has 2 N–H and O–H groups in total. The highest BCUT2D eigenvalue weighted by Crippen LogP contribution is 2.26. The van der Waals surface area contributed by atoms with Crippen molar-refractivity contribution in [1.82, 2.24) is 4.90 Å². The van der Waals surface area contributed by atoms with E-state index in [0.29, 0.717) is 12.0 Å². The van der Waals surface area contributed by atoms with E-state index in [0.717, 1.165) is 12.5 Å². The lowest BCUT2D eigenvalue weighted by molar-refractivity contribution is 0.0932. The van der Waals surface area contributed by atoms with Crippen LogP contribution >= 0.6 is 0 Å². The van der Waals surface area contributed by atoms with Gasteiger partial charge in [0.15, 0.2) is 0 Å². The van der Waals surface area contributed by atoms with Crippen LogP contribution < -0.4 is 5.73 Å². The second-order valence-electron chi connectivity index (χ2n) is 6.27. The lowest BCUT2D eigenvalue weighted by atomic mass is 9.89. The van der Waals surface area contributed by atoms with E-state index in [1.165, 1.54) is 24.9 Å². The highest BCUT2D eigenvalue weighted by molar-refractivity contribution is 5.19. The van der Waals surface area contributed by atoms with Gasteiger partial charge in [-0.15, -0.1) is 0 Å². The number of nitrogens with zero attached hydrogens (tertiary/aromatic N) is 1. The Labute approximate surface area is 118 Å². The van der Waals surface area contributed by atoms with Crippen LogP contribution in [0.15, 0.2) is 30.3 Å². The highest BCUT2D eigenvalue weighted by atomic mass is 15.2. The van der Waals surface area contributed by atoms with E-state index in [4.69, 9.17) is 5.73 Å². The number of hydrogen-bond donors (Lipinski definition) is 1. The first kappa shape index (κ1) is 14.5. The van der Waals surface area contributed by atoms with Crippen molar-refractivity contribution in [3.63, 3.8) is 0 Å². The minimum atomic E-state index is 0.144. The Kier molecular flexibility index (Phi) is 5.00. The molecule has 2 heteroatoms. The van der Waals surface area contributed by atoms with Crippen LogP contribution in [0.4, 0.5) is 0 Å². The van der Waals surface area contributed by atoms with Crippen molar-refractivity contribution < 1.29 is 0 Å². The Hall–Kier alpha value is -0.860. The zero-order valence-corrected chi connectivity index (χ0v) is 12.5. The fraction of sp³-hybridized carbons (Fsp3) is 0.647. The third-order valence-electron chi connectivity index (χ3n) is 4.82. The van der Waals surface area contributed by atoms with Gasteiger partial charge in [-0.05, 0) is 43.7 Å². The molecule has 1 aromatic carbocycles. The van der Waals surface area contributed by atoms with E-state index in [9.17, 15) is 0 Å². The summed E-state index contributed by atoms with van der Waals surface area (Å²) in [4.78, 5) is 2.63. The number of likely N-dealkylation sites (tertiary alicyclic amines) is 1. The van der Waals surface area contributed by atoms with Gasteiger partial charge >= 0.3 is 0 Å². The standard InChI is InChI=1S/C17H28N2/c1-13-8-7-11-19(15(13)3)12-14(2)17(18)16-9-5-4-6-10-16/h4-6,9-10,13-15,17H,7-8,11-12,18H2,1-3H3. The number of nitrogens with two attached hydrogens (primary N) is 1. The summed E-state index contributed by atoms with van der Waals surface area (Å²) in [6.07, 6.45) is 2.70. The smallest absolute Gasteiger partial charge is 0.0333 e. The van der Waals surface area contributed by atoms with Crippen LogP contribution in [0.25, 0.3) is 0 Å². The first-order chi connectivity index (χ1) is 9.09. The van der Waals surface area contributed by atoms with Crippen molar-refractivity contribution in [3.8, 4) is 0 Å². The van der Waals surface area contributed by atoms with E-state index < -0.39 is 0 Å². The molecule has 4 atom stereocenters. The Morgan fingerprint density at radius 1 is 1.26 bits per heavy atom. The molecule has 19 heavy (non-hydrogen) atoms. The van der Waals surface area contributed by atoms with Crippen LogP contribution in [0.5, 0.6) is 0 Å². The van der Waals surface area contributed by atoms with Crippen LogP contribution in [0, 0.1) is 11.8 Å². The maximum Gasteiger partial charge on any atom is 0.0333 e. The third kappa shape index (κ3) is 3.58. The molecule has 2 rings (SSSR count). The molecule has 0 aliphatic carbocycles. The van der Waals surface area contributed by atoms with Crippen LogP contribution in [0.1, 0.15) is 45.2 Å². The number of benzene rings is 1. The van der Waals surface area contributed by atoms with Crippen molar-refractivity contribution in [3.05, 3.63) is 35.9 Å². The van der Waals surface area contributed by atoms with Crippen molar-refractivity contribution >= 4 is 0 Å². The largest absolute Gasteiger partial charge is 0.324 e. The Balaban J connectivity index is 1.95. The van der Waals surface area contributed by atoms with Gasteiger partial charge in [-0.3, -0.25) is 0 Å². The minimum absolute atomic E-state index is 0.144. The molecule has 1 aliphatic rings.